The highest BCUT2D eigenvalue weighted by molar-refractivity contribution is 5.84. The fourth-order valence-electron chi connectivity index (χ4n) is 3.05. The molecule has 1 aliphatic heterocycles. The van der Waals surface area contributed by atoms with Gasteiger partial charge in [0, 0.05) is 6.54 Å². The third-order valence-corrected chi connectivity index (χ3v) is 4.54. The lowest BCUT2D eigenvalue weighted by Crippen LogP contribution is -2.37. The summed E-state index contributed by atoms with van der Waals surface area (Å²) in [5.41, 5.74) is 0.769. The van der Waals surface area contributed by atoms with Gasteiger partial charge in [0.05, 0.1) is 13.2 Å². The molecular formula is C16H21FN2O2. The van der Waals surface area contributed by atoms with Crippen LogP contribution in [0.15, 0.2) is 18.2 Å². The number of carbonyl (C=O) groups is 1. The Balaban J connectivity index is 1.84. The summed E-state index contributed by atoms with van der Waals surface area (Å²) in [5.74, 6) is 0.517. The first-order valence-corrected chi connectivity index (χ1v) is 7.50. The quantitative estimate of drug-likeness (QED) is 0.927. The van der Waals surface area contributed by atoms with Gasteiger partial charge in [0.25, 0.3) is 0 Å². The van der Waals surface area contributed by atoms with Crippen LogP contribution in [0.2, 0.25) is 0 Å². The molecule has 1 aromatic carbocycles. The molecule has 1 saturated heterocycles. The number of carbonyl (C=O) groups excluding carboxylic acids is 1. The number of halogens is 1. The van der Waals surface area contributed by atoms with E-state index in [4.69, 9.17) is 4.74 Å². The van der Waals surface area contributed by atoms with Crippen molar-refractivity contribution in [1.29, 1.82) is 0 Å². The van der Waals surface area contributed by atoms with Crippen molar-refractivity contribution in [1.82, 2.24) is 10.2 Å². The minimum Gasteiger partial charge on any atom is -0.494 e. The van der Waals surface area contributed by atoms with E-state index in [1.54, 1.807) is 6.07 Å². The van der Waals surface area contributed by atoms with Crippen LogP contribution in [-0.2, 0) is 4.79 Å². The summed E-state index contributed by atoms with van der Waals surface area (Å²) in [7, 11) is 1.44. The van der Waals surface area contributed by atoms with Crippen LogP contribution in [0.3, 0.4) is 0 Å². The van der Waals surface area contributed by atoms with Gasteiger partial charge in [0.15, 0.2) is 11.6 Å². The Labute approximate surface area is 124 Å². The van der Waals surface area contributed by atoms with Crippen molar-refractivity contribution in [2.75, 3.05) is 13.7 Å². The van der Waals surface area contributed by atoms with E-state index >= 15 is 0 Å². The highest BCUT2D eigenvalue weighted by Crippen LogP contribution is 2.33. The van der Waals surface area contributed by atoms with E-state index < -0.39 is 5.82 Å². The summed E-state index contributed by atoms with van der Waals surface area (Å²) in [4.78, 5) is 14.2. The minimum absolute atomic E-state index is 0.100. The van der Waals surface area contributed by atoms with Crippen molar-refractivity contribution >= 4 is 5.91 Å². The first-order chi connectivity index (χ1) is 10.1. The van der Waals surface area contributed by atoms with Gasteiger partial charge in [0.1, 0.15) is 6.17 Å². The zero-order valence-electron chi connectivity index (χ0n) is 12.4. The number of ether oxygens (including phenoxy) is 1. The van der Waals surface area contributed by atoms with Crippen LogP contribution in [0.5, 0.6) is 5.75 Å². The van der Waals surface area contributed by atoms with Gasteiger partial charge in [-0.25, -0.2) is 4.39 Å². The lowest BCUT2D eigenvalue weighted by molar-refractivity contribution is -0.130. The smallest absolute Gasteiger partial charge is 0.241 e. The zero-order valence-corrected chi connectivity index (χ0v) is 12.4. The average Bonchev–Trinajstić information content (AvgIpc) is 2.70. The topological polar surface area (TPSA) is 41.6 Å². The van der Waals surface area contributed by atoms with Gasteiger partial charge in [-0.1, -0.05) is 12.5 Å². The molecule has 1 N–H and O–H groups in total. The van der Waals surface area contributed by atoms with Crippen LogP contribution in [0.1, 0.15) is 37.9 Å². The molecule has 2 aliphatic rings. The molecule has 114 valence electrons. The number of methoxy groups -OCH3 is 1. The van der Waals surface area contributed by atoms with Crippen LogP contribution >= 0.6 is 0 Å². The van der Waals surface area contributed by atoms with Crippen LogP contribution in [0, 0.1) is 11.7 Å². The molecule has 0 aromatic heterocycles. The van der Waals surface area contributed by atoms with E-state index in [0.29, 0.717) is 5.92 Å². The SMILES string of the molecule is COc1ccc(C2NC(C)C(=O)N2CC2CCC2)cc1F. The predicted octanol–water partition coefficient (Wildman–Crippen LogP) is 2.45. The first kappa shape index (κ1) is 14.3. The van der Waals surface area contributed by atoms with Gasteiger partial charge in [0.2, 0.25) is 5.91 Å². The van der Waals surface area contributed by atoms with Crippen LogP contribution in [-0.4, -0.2) is 30.5 Å². The molecule has 2 unspecified atom stereocenters. The number of hydrogen-bond acceptors (Lipinski definition) is 3. The Bertz CT molecular complexity index is 545. The van der Waals surface area contributed by atoms with Gasteiger partial charge < -0.3 is 9.64 Å². The van der Waals surface area contributed by atoms with E-state index in [0.717, 1.165) is 12.1 Å². The third-order valence-electron chi connectivity index (χ3n) is 4.54. The molecule has 0 bridgehead atoms. The average molecular weight is 292 g/mol. The summed E-state index contributed by atoms with van der Waals surface area (Å²) in [6.45, 7) is 2.62. The Morgan fingerprint density at radius 3 is 2.76 bits per heavy atom. The molecule has 3 rings (SSSR count). The first-order valence-electron chi connectivity index (χ1n) is 7.50. The fourth-order valence-corrected chi connectivity index (χ4v) is 3.05. The second-order valence-electron chi connectivity index (χ2n) is 5.97. The van der Waals surface area contributed by atoms with Crippen molar-refractivity contribution in [3.63, 3.8) is 0 Å². The Morgan fingerprint density at radius 2 is 2.19 bits per heavy atom. The largest absolute Gasteiger partial charge is 0.494 e. The Kier molecular flexibility index (Phi) is 3.85. The standard InChI is InChI=1S/C16H21FN2O2/c1-10-16(20)19(9-11-4-3-5-11)15(18-10)12-6-7-14(21-2)13(17)8-12/h6-8,10-11,15,18H,3-5,9H2,1-2H3. The molecule has 1 amide bonds. The zero-order chi connectivity index (χ0) is 15.0. The third kappa shape index (κ3) is 2.62. The van der Waals surface area contributed by atoms with E-state index in [1.165, 1.54) is 32.4 Å². The second kappa shape index (κ2) is 5.64. The molecule has 2 fully saturated rings. The molecule has 1 saturated carbocycles. The molecular weight excluding hydrogens is 271 g/mol. The number of nitrogens with one attached hydrogen (secondary N) is 1. The van der Waals surface area contributed by atoms with E-state index in [-0.39, 0.29) is 23.9 Å². The second-order valence-corrected chi connectivity index (χ2v) is 5.97. The Hall–Kier alpha value is -1.62. The number of benzene rings is 1. The predicted molar refractivity (Wildman–Crippen MR) is 77.3 cm³/mol. The molecule has 21 heavy (non-hydrogen) atoms. The van der Waals surface area contributed by atoms with Crippen molar-refractivity contribution in [3.05, 3.63) is 29.6 Å². The highest BCUT2D eigenvalue weighted by atomic mass is 19.1. The molecule has 2 atom stereocenters. The highest BCUT2D eigenvalue weighted by Gasteiger charge is 2.39. The molecule has 0 spiro atoms. The maximum Gasteiger partial charge on any atom is 0.241 e. The van der Waals surface area contributed by atoms with Gasteiger partial charge in [-0.15, -0.1) is 0 Å². The number of rotatable bonds is 4. The van der Waals surface area contributed by atoms with Crippen molar-refractivity contribution < 1.29 is 13.9 Å². The van der Waals surface area contributed by atoms with Crippen molar-refractivity contribution in [2.45, 2.75) is 38.4 Å². The number of amides is 1. The van der Waals surface area contributed by atoms with Crippen molar-refractivity contribution in [2.24, 2.45) is 5.92 Å². The van der Waals surface area contributed by atoms with Gasteiger partial charge in [-0.05, 0) is 43.4 Å². The molecule has 1 aliphatic carbocycles. The van der Waals surface area contributed by atoms with Crippen LogP contribution in [0.25, 0.3) is 0 Å². The summed E-state index contributed by atoms with van der Waals surface area (Å²) in [6, 6.07) is 4.66. The summed E-state index contributed by atoms with van der Waals surface area (Å²) in [5, 5.41) is 3.26. The normalized spacial score (nSPS) is 26.0. The Morgan fingerprint density at radius 1 is 1.43 bits per heavy atom. The summed E-state index contributed by atoms with van der Waals surface area (Å²) in [6.07, 6.45) is 3.37. The molecule has 1 heterocycles. The maximum atomic E-state index is 13.9. The maximum absolute atomic E-state index is 13.9. The number of nitrogens with zero attached hydrogens (tertiary/aromatic N) is 1. The summed E-state index contributed by atoms with van der Waals surface area (Å²) >= 11 is 0. The van der Waals surface area contributed by atoms with Gasteiger partial charge in [-0.3, -0.25) is 10.1 Å². The molecule has 4 nitrogen and oxygen atoms in total. The lowest BCUT2D eigenvalue weighted by atomic mass is 9.85. The van der Waals surface area contributed by atoms with Crippen molar-refractivity contribution in [3.8, 4) is 5.75 Å². The van der Waals surface area contributed by atoms with Gasteiger partial charge in [-0.2, -0.15) is 0 Å². The molecule has 1 aromatic rings. The summed E-state index contributed by atoms with van der Waals surface area (Å²) < 4.78 is 18.9. The fraction of sp³-hybridized carbons (Fsp3) is 0.562. The molecule has 0 radical (unpaired) electrons. The van der Waals surface area contributed by atoms with Crippen LogP contribution < -0.4 is 10.1 Å². The monoisotopic (exact) mass is 292 g/mol. The minimum atomic E-state index is -0.396. The molecule has 5 heteroatoms. The van der Waals surface area contributed by atoms with Gasteiger partial charge >= 0.3 is 0 Å². The van der Waals surface area contributed by atoms with E-state index in [9.17, 15) is 9.18 Å². The number of hydrogen-bond donors (Lipinski definition) is 1. The van der Waals surface area contributed by atoms with E-state index in [2.05, 4.69) is 5.32 Å². The lowest BCUT2D eigenvalue weighted by Gasteiger charge is -2.33. The van der Waals surface area contributed by atoms with Crippen LogP contribution in [0.4, 0.5) is 4.39 Å². The van der Waals surface area contributed by atoms with E-state index in [1.807, 2.05) is 17.9 Å².